The number of nitrogens with zero attached hydrogens (tertiary/aromatic N) is 4. The van der Waals surface area contributed by atoms with Crippen molar-refractivity contribution in [3.63, 3.8) is 0 Å². The lowest BCUT2D eigenvalue weighted by atomic mass is 10.1. The van der Waals surface area contributed by atoms with E-state index >= 15 is 0 Å². The summed E-state index contributed by atoms with van der Waals surface area (Å²) in [4.78, 5) is 30.7. The van der Waals surface area contributed by atoms with Crippen molar-refractivity contribution in [1.82, 2.24) is 19.3 Å². The van der Waals surface area contributed by atoms with E-state index in [0.717, 1.165) is 22.5 Å². The van der Waals surface area contributed by atoms with E-state index in [1.807, 2.05) is 63.2 Å². The quantitative estimate of drug-likeness (QED) is 0.383. The molecule has 0 unspecified atom stereocenters. The monoisotopic (exact) mass is 433 g/mol. The van der Waals surface area contributed by atoms with Gasteiger partial charge < -0.3 is 5.32 Å². The molecule has 31 heavy (non-hydrogen) atoms. The number of aryl methyl sites for hydroxylation is 3. The summed E-state index contributed by atoms with van der Waals surface area (Å²) >= 11 is 1.24. The molecular weight excluding hydrogens is 410 g/mol. The Hall–Kier alpha value is -3.39. The number of aromatic nitrogens is 4. The SMILES string of the molecule is Cc1cc(NC(=O)CSc2nc3ccccc3c(=O)n2-c2cccc(C)c2C)n(C)n1. The van der Waals surface area contributed by atoms with E-state index in [1.54, 1.807) is 22.4 Å². The molecule has 2 heterocycles. The average Bonchev–Trinajstić information content (AvgIpc) is 3.05. The predicted octanol–water partition coefficient (Wildman–Crippen LogP) is 3.78. The van der Waals surface area contributed by atoms with Gasteiger partial charge in [-0.2, -0.15) is 5.10 Å². The third-order valence-corrected chi connectivity index (χ3v) is 6.10. The number of fused-ring (bicyclic) bond motifs is 1. The van der Waals surface area contributed by atoms with Crippen LogP contribution >= 0.6 is 11.8 Å². The number of benzene rings is 2. The van der Waals surface area contributed by atoms with Crippen molar-refractivity contribution in [2.75, 3.05) is 11.1 Å². The molecule has 0 atom stereocenters. The van der Waals surface area contributed by atoms with Crippen LogP contribution in [0.1, 0.15) is 16.8 Å². The van der Waals surface area contributed by atoms with Crippen LogP contribution < -0.4 is 10.9 Å². The highest BCUT2D eigenvalue weighted by molar-refractivity contribution is 7.99. The number of nitrogens with one attached hydrogen (secondary N) is 1. The predicted molar refractivity (Wildman–Crippen MR) is 124 cm³/mol. The molecule has 4 rings (SSSR count). The van der Waals surface area contributed by atoms with Crippen LogP contribution in [0.4, 0.5) is 5.82 Å². The second kappa shape index (κ2) is 8.39. The van der Waals surface area contributed by atoms with E-state index in [1.165, 1.54) is 11.8 Å². The van der Waals surface area contributed by atoms with Crippen LogP contribution in [-0.4, -0.2) is 31.0 Å². The molecule has 0 bridgehead atoms. The maximum absolute atomic E-state index is 13.4. The number of carbonyl (C=O) groups is 1. The molecular formula is C23H23N5O2S. The summed E-state index contributed by atoms with van der Waals surface area (Å²) in [5, 5.41) is 8.12. The second-order valence-electron chi connectivity index (χ2n) is 7.40. The molecule has 0 spiro atoms. The molecule has 0 radical (unpaired) electrons. The van der Waals surface area contributed by atoms with E-state index in [4.69, 9.17) is 4.98 Å². The number of rotatable bonds is 5. The molecule has 8 heteroatoms. The van der Waals surface area contributed by atoms with E-state index in [-0.39, 0.29) is 17.2 Å². The van der Waals surface area contributed by atoms with Gasteiger partial charge in [0.05, 0.1) is 28.0 Å². The molecule has 2 aromatic carbocycles. The van der Waals surface area contributed by atoms with Crippen molar-refractivity contribution in [2.24, 2.45) is 7.05 Å². The Morgan fingerprint density at radius 3 is 2.61 bits per heavy atom. The Labute approximate surface area is 184 Å². The van der Waals surface area contributed by atoms with Gasteiger partial charge in [-0.1, -0.05) is 36.0 Å². The Morgan fingerprint density at radius 2 is 1.87 bits per heavy atom. The molecule has 2 aromatic heterocycles. The van der Waals surface area contributed by atoms with Crippen molar-refractivity contribution in [3.8, 4) is 5.69 Å². The van der Waals surface area contributed by atoms with Crippen LogP contribution in [-0.2, 0) is 11.8 Å². The van der Waals surface area contributed by atoms with Crippen molar-refractivity contribution in [2.45, 2.75) is 25.9 Å². The zero-order chi connectivity index (χ0) is 22.1. The number of hydrogen-bond acceptors (Lipinski definition) is 5. The van der Waals surface area contributed by atoms with Crippen LogP contribution in [0.2, 0.25) is 0 Å². The van der Waals surface area contributed by atoms with E-state index in [0.29, 0.717) is 21.9 Å². The molecule has 0 aliphatic rings. The maximum atomic E-state index is 13.4. The smallest absolute Gasteiger partial charge is 0.266 e. The summed E-state index contributed by atoms with van der Waals surface area (Å²) in [6, 6.07) is 14.9. The van der Waals surface area contributed by atoms with Gasteiger partial charge in [0.15, 0.2) is 5.16 Å². The topological polar surface area (TPSA) is 81.8 Å². The Kier molecular flexibility index (Phi) is 5.65. The molecule has 0 aliphatic carbocycles. The molecule has 0 aliphatic heterocycles. The fourth-order valence-electron chi connectivity index (χ4n) is 3.44. The van der Waals surface area contributed by atoms with Gasteiger partial charge in [-0.15, -0.1) is 0 Å². The number of thioether (sulfide) groups is 1. The molecule has 7 nitrogen and oxygen atoms in total. The number of hydrogen-bond donors (Lipinski definition) is 1. The minimum Gasteiger partial charge on any atom is -0.310 e. The Morgan fingerprint density at radius 1 is 1.10 bits per heavy atom. The summed E-state index contributed by atoms with van der Waals surface area (Å²) in [5.74, 6) is 0.546. The van der Waals surface area contributed by atoms with Crippen LogP contribution in [0, 0.1) is 20.8 Å². The molecule has 158 valence electrons. The number of amides is 1. The highest BCUT2D eigenvalue weighted by Crippen LogP contribution is 2.24. The third kappa shape index (κ3) is 4.11. The normalized spacial score (nSPS) is 11.1. The summed E-state index contributed by atoms with van der Waals surface area (Å²) in [6.45, 7) is 5.86. The molecule has 1 amide bonds. The number of carbonyl (C=O) groups excluding carboxylic acids is 1. The molecule has 4 aromatic rings. The van der Waals surface area contributed by atoms with Gasteiger partial charge in [-0.3, -0.25) is 18.8 Å². The van der Waals surface area contributed by atoms with Crippen molar-refractivity contribution >= 4 is 34.4 Å². The van der Waals surface area contributed by atoms with E-state index in [9.17, 15) is 9.59 Å². The third-order valence-electron chi connectivity index (χ3n) is 5.16. The first-order valence-corrected chi connectivity index (χ1v) is 10.9. The van der Waals surface area contributed by atoms with Crippen molar-refractivity contribution < 1.29 is 4.79 Å². The summed E-state index contributed by atoms with van der Waals surface area (Å²) in [6.07, 6.45) is 0. The van der Waals surface area contributed by atoms with E-state index < -0.39 is 0 Å². The van der Waals surface area contributed by atoms with Crippen molar-refractivity contribution in [1.29, 1.82) is 0 Å². The summed E-state index contributed by atoms with van der Waals surface area (Å²) in [7, 11) is 1.78. The summed E-state index contributed by atoms with van der Waals surface area (Å²) < 4.78 is 3.23. The first-order valence-electron chi connectivity index (χ1n) is 9.87. The fourth-order valence-corrected chi connectivity index (χ4v) is 4.24. The second-order valence-corrected chi connectivity index (χ2v) is 8.35. The van der Waals surface area contributed by atoms with Gasteiger partial charge >= 0.3 is 0 Å². The minimum atomic E-state index is -0.192. The van der Waals surface area contributed by atoms with Gasteiger partial charge in [-0.05, 0) is 50.1 Å². The van der Waals surface area contributed by atoms with E-state index in [2.05, 4.69) is 10.4 Å². The van der Waals surface area contributed by atoms with Gasteiger partial charge in [0.25, 0.3) is 5.56 Å². The van der Waals surface area contributed by atoms with Gasteiger partial charge in [-0.25, -0.2) is 4.98 Å². The highest BCUT2D eigenvalue weighted by atomic mass is 32.2. The molecule has 1 N–H and O–H groups in total. The maximum Gasteiger partial charge on any atom is 0.266 e. The van der Waals surface area contributed by atoms with Crippen LogP contribution in [0.15, 0.2) is 58.5 Å². The summed E-state index contributed by atoms with van der Waals surface area (Å²) in [5.41, 5.74) is 4.14. The molecule has 0 saturated carbocycles. The van der Waals surface area contributed by atoms with Gasteiger partial charge in [0, 0.05) is 13.1 Å². The largest absolute Gasteiger partial charge is 0.310 e. The van der Waals surface area contributed by atoms with Gasteiger partial charge in [0.2, 0.25) is 5.91 Å². The van der Waals surface area contributed by atoms with Crippen LogP contribution in [0.25, 0.3) is 16.6 Å². The zero-order valence-corrected chi connectivity index (χ0v) is 18.7. The lowest BCUT2D eigenvalue weighted by Crippen LogP contribution is -2.24. The number of anilines is 1. The van der Waals surface area contributed by atoms with Crippen LogP contribution in [0.5, 0.6) is 0 Å². The molecule has 0 saturated heterocycles. The highest BCUT2D eigenvalue weighted by Gasteiger charge is 2.17. The van der Waals surface area contributed by atoms with Crippen molar-refractivity contribution in [3.05, 3.63) is 75.7 Å². The first-order chi connectivity index (χ1) is 14.8. The Balaban J connectivity index is 1.72. The number of para-hydroxylation sites is 1. The Bertz CT molecular complexity index is 1360. The fraction of sp³-hybridized carbons (Fsp3) is 0.217. The lowest BCUT2D eigenvalue weighted by Gasteiger charge is -2.16. The first kappa shape index (κ1) is 20.9. The average molecular weight is 434 g/mol. The zero-order valence-electron chi connectivity index (χ0n) is 17.8. The minimum absolute atomic E-state index is 0.111. The van der Waals surface area contributed by atoms with Gasteiger partial charge in [0.1, 0.15) is 5.82 Å². The molecule has 0 fully saturated rings. The lowest BCUT2D eigenvalue weighted by molar-refractivity contribution is -0.113. The van der Waals surface area contributed by atoms with Crippen LogP contribution in [0.3, 0.4) is 0 Å². The standard InChI is InChI=1S/C23H23N5O2S/c1-14-8-7-11-19(16(14)3)28-22(30)17-9-5-6-10-18(17)24-23(28)31-13-21(29)25-20-12-15(2)26-27(20)4/h5-12H,13H2,1-4H3,(H,25,29).